The molecular weight excluding hydrogens is 301 g/mol. The van der Waals surface area contributed by atoms with Crippen molar-refractivity contribution in [1.29, 1.82) is 0 Å². The Morgan fingerprint density at radius 1 is 1.17 bits per heavy atom. The number of aldehydes is 1. The van der Waals surface area contributed by atoms with E-state index in [1.807, 2.05) is 0 Å². The minimum absolute atomic E-state index is 0.111. The third-order valence-corrected chi connectivity index (χ3v) is 3.30. The number of para-hydroxylation sites is 1. The minimum atomic E-state index is -0.530. The Balaban J connectivity index is 2.14. The van der Waals surface area contributed by atoms with Crippen molar-refractivity contribution in [2.24, 2.45) is 0 Å². The second-order valence-electron chi connectivity index (χ2n) is 4.75. The average Bonchev–Trinajstić information content (AvgIpc) is 2.99. The second kappa shape index (κ2) is 5.80. The predicted molar refractivity (Wildman–Crippen MR) is 81.0 cm³/mol. The summed E-state index contributed by atoms with van der Waals surface area (Å²) in [7, 11) is 0. The molecule has 0 aliphatic carbocycles. The summed E-state index contributed by atoms with van der Waals surface area (Å²) in [5, 5.41) is 15.1. The molecule has 0 radical (unpaired) electrons. The molecule has 0 aliphatic rings. The quantitative estimate of drug-likeness (QED) is 0.420. The first kappa shape index (κ1) is 14.6. The number of aromatic nitrogens is 2. The van der Waals surface area contributed by atoms with Crippen LogP contribution in [0, 0.1) is 15.9 Å². The first-order valence-corrected chi connectivity index (χ1v) is 6.64. The molecular formula is C16H10FN3O3. The molecule has 0 saturated carbocycles. The maximum atomic E-state index is 13.9. The molecule has 114 valence electrons. The highest BCUT2D eigenvalue weighted by atomic mass is 19.1. The van der Waals surface area contributed by atoms with Crippen LogP contribution < -0.4 is 0 Å². The topological polar surface area (TPSA) is 78.0 Å². The molecule has 1 heterocycles. The van der Waals surface area contributed by atoms with E-state index in [2.05, 4.69) is 5.10 Å². The van der Waals surface area contributed by atoms with E-state index in [9.17, 15) is 19.3 Å². The van der Waals surface area contributed by atoms with Crippen LogP contribution in [-0.2, 0) is 0 Å². The van der Waals surface area contributed by atoms with Crippen molar-refractivity contribution in [3.8, 4) is 16.9 Å². The van der Waals surface area contributed by atoms with Gasteiger partial charge in [-0.15, -0.1) is 0 Å². The van der Waals surface area contributed by atoms with Crippen LogP contribution in [0.15, 0.2) is 54.7 Å². The van der Waals surface area contributed by atoms with Gasteiger partial charge in [0, 0.05) is 23.9 Å². The number of carbonyl (C=O) groups is 1. The van der Waals surface area contributed by atoms with Crippen LogP contribution in [0.1, 0.15) is 10.4 Å². The zero-order chi connectivity index (χ0) is 16.4. The fourth-order valence-electron chi connectivity index (χ4n) is 2.23. The van der Waals surface area contributed by atoms with E-state index in [0.29, 0.717) is 11.8 Å². The number of hydrogen-bond acceptors (Lipinski definition) is 4. The minimum Gasteiger partial charge on any atom is -0.298 e. The summed E-state index contributed by atoms with van der Waals surface area (Å²) in [6.07, 6.45) is 1.97. The van der Waals surface area contributed by atoms with Crippen LogP contribution >= 0.6 is 0 Å². The normalized spacial score (nSPS) is 10.5. The van der Waals surface area contributed by atoms with Gasteiger partial charge in [0.25, 0.3) is 5.69 Å². The largest absolute Gasteiger partial charge is 0.298 e. The van der Waals surface area contributed by atoms with Crippen molar-refractivity contribution >= 4 is 12.0 Å². The molecule has 0 spiro atoms. The number of carbonyl (C=O) groups excluding carboxylic acids is 1. The monoisotopic (exact) mass is 311 g/mol. The number of rotatable bonds is 4. The van der Waals surface area contributed by atoms with Crippen molar-refractivity contribution in [3.05, 3.63) is 76.2 Å². The molecule has 3 aromatic rings. The number of benzene rings is 2. The number of halogens is 1. The van der Waals surface area contributed by atoms with Crippen LogP contribution in [0.2, 0.25) is 0 Å². The number of nitro benzene ring substituents is 1. The summed E-state index contributed by atoms with van der Waals surface area (Å²) < 4.78 is 15.1. The van der Waals surface area contributed by atoms with Crippen molar-refractivity contribution in [1.82, 2.24) is 9.78 Å². The number of nitrogens with zero attached hydrogens (tertiary/aromatic N) is 3. The molecule has 0 unspecified atom stereocenters. The lowest BCUT2D eigenvalue weighted by molar-refractivity contribution is -0.384. The smallest absolute Gasteiger partial charge is 0.270 e. The molecule has 0 aliphatic heterocycles. The van der Waals surface area contributed by atoms with Gasteiger partial charge in [0.15, 0.2) is 6.29 Å². The maximum absolute atomic E-state index is 13.9. The predicted octanol–water partition coefficient (Wildman–Crippen LogP) is 3.40. The van der Waals surface area contributed by atoms with Crippen LogP contribution in [0.5, 0.6) is 0 Å². The van der Waals surface area contributed by atoms with Gasteiger partial charge in [-0.25, -0.2) is 9.07 Å². The summed E-state index contributed by atoms with van der Waals surface area (Å²) in [5.41, 5.74) is 0.962. The molecule has 0 atom stereocenters. The van der Waals surface area contributed by atoms with Gasteiger partial charge in [-0.2, -0.15) is 5.10 Å². The molecule has 1 aromatic heterocycles. The molecule has 0 amide bonds. The first-order chi connectivity index (χ1) is 11.1. The molecule has 7 heteroatoms. The lowest BCUT2D eigenvalue weighted by Crippen LogP contribution is -1.98. The van der Waals surface area contributed by atoms with Gasteiger partial charge < -0.3 is 0 Å². The van der Waals surface area contributed by atoms with Crippen LogP contribution in [0.25, 0.3) is 16.9 Å². The highest BCUT2D eigenvalue weighted by Gasteiger charge is 2.15. The number of non-ortho nitro benzene ring substituents is 1. The van der Waals surface area contributed by atoms with Gasteiger partial charge in [-0.1, -0.05) is 24.3 Å². The van der Waals surface area contributed by atoms with E-state index in [0.717, 1.165) is 0 Å². The summed E-state index contributed by atoms with van der Waals surface area (Å²) in [5.74, 6) is -0.488. The summed E-state index contributed by atoms with van der Waals surface area (Å²) >= 11 is 0. The Bertz CT molecular complexity index is 905. The molecule has 2 aromatic carbocycles. The third kappa shape index (κ3) is 2.71. The van der Waals surface area contributed by atoms with E-state index < -0.39 is 10.7 Å². The van der Waals surface area contributed by atoms with Gasteiger partial charge in [0.2, 0.25) is 0 Å². The van der Waals surface area contributed by atoms with E-state index in [1.54, 1.807) is 18.2 Å². The Morgan fingerprint density at radius 3 is 2.65 bits per heavy atom. The van der Waals surface area contributed by atoms with Gasteiger partial charge in [0.1, 0.15) is 17.2 Å². The fourth-order valence-corrected chi connectivity index (χ4v) is 2.23. The average molecular weight is 311 g/mol. The maximum Gasteiger partial charge on any atom is 0.270 e. The van der Waals surface area contributed by atoms with Crippen molar-refractivity contribution < 1.29 is 14.1 Å². The van der Waals surface area contributed by atoms with Crippen molar-refractivity contribution in [3.63, 3.8) is 0 Å². The van der Waals surface area contributed by atoms with E-state index in [4.69, 9.17) is 0 Å². The third-order valence-electron chi connectivity index (χ3n) is 3.30. The molecule has 3 rings (SSSR count). The highest BCUT2D eigenvalue weighted by Crippen LogP contribution is 2.26. The molecule has 23 heavy (non-hydrogen) atoms. The van der Waals surface area contributed by atoms with Gasteiger partial charge in [-0.05, 0) is 12.1 Å². The Morgan fingerprint density at radius 2 is 1.96 bits per heavy atom. The van der Waals surface area contributed by atoms with Crippen LogP contribution in [0.4, 0.5) is 10.1 Å². The summed E-state index contributed by atoms with van der Waals surface area (Å²) in [6, 6.07) is 11.8. The number of hydrogen-bond donors (Lipinski definition) is 0. The van der Waals surface area contributed by atoms with Crippen molar-refractivity contribution in [2.75, 3.05) is 0 Å². The summed E-state index contributed by atoms with van der Waals surface area (Å²) in [6.45, 7) is 0. The van der Waals surface area contributed by atoms with E-state index in [-0.39, 0.29) is 22.6 Å². The Labute approximate surface area is 129 Å². The highest BCUT2D eigenvalue weighted by molar-refractivity contribution is 5.86. The molecule has 0 N–H and O–H groups in total. The fraction of sp³-hybridized carbons (Fsp3) is 0. The van der Waals surface area contributed by atoms with E-state index in [1.165, 1.54) is 41.2 Å². The Hall–Kier alpha value is -3.35. The number of nitro groups is 1. The molecule has 0 fully saturated rings. The van der Waals surface area contributed by atoms with Gasteiger partial charge in [0.05, 0.1) is 10.5 Å². The molecule has 0 bridgehead atoms. The van der Waals surface area contributed by atoms with Crippen LogP contribution in [-0.4, -0.2) is 21.0 Å². The zero-order valence-corrected chi connectivity index (χ0v) is 11.7. The lowest BCUT2D eigenvalue weighted by atomic mass is 10.1. The van der Waals surface area contributed by atoms with Gasteiger partial charge >= 0.3 is 0 Å². The molecule has 6 nitrogen and oxygen atoms in total. The second-order valence-corrected chi connectivity index (χ2v) is 4.75. The van der Waals surface area contributed by atoms with Gasteiger partial charge in [-0.3, -0.25) is 14.9 Å². The first-order valence-electron chi connectivity index (χ1n) is 6.64. The van der Waals surface area contributed by atoms with E-state index >= 15 is 0 Å². The standard InChI is InChI=1S/C16H10FN3O3/c17-14-6-1-2-7-15(14)19-9-12(10-21)16(18-19)11-4-3-5-13(8-11)20(22)23/h1-10H. The Kier molecular flexibility index (Phi) is 3.68. The van der Waals surface area contributed by atoms with Crippen LogP contribution in [0.3, 0.4) is 0 Å². The summed E-state index contributed by atoms with van der Waals surface area (Å²) in [4.78, 5) is 21.6. The zero-order valence-electron chi connectivity index (χ0n) is 11.7. The molecule has 0 saturated heterocycles. The SMILES string of the molecule is O=Cc1cn(-c2ccccc2F)nc1-c1cccc([N+](=O)[O-])c1. The lowest BCUT2D eigenvalue weighted by Gasteiger charge is -2.02. The van der Waals surface area contributed by atoms with Crippen molar-refractivity contribution in [2.45, 2.75) is 0 Å².